The van der Waals surface area contributed by atoms with E-state index in [2.05, 4.69) is 16.0 Å². The summed E-state index contributed by atoms with van der Waals surface area (Å²) in [5, 5.41) is 9.11. The summed E-state index contributed by atoms with van der Waals surface area (Å²) in [6.45, 7) is 8.99. The lowest BCUT2D eigenvalue weighted by Crippen LogP contribution is -2.60. The second-order valence-corrected chi connectivity index (χ2v) is 11.0. The molecule has 2 aliphatic heterocycles. The van der Waals surface area contributed by atoms with Crippen LogP contribution in [0.25, 0.3) is 0 Å². The summed E-state index contributed by atoms with van der Waals surface area (Å²) in [5.74, 6) is 0.761. The standard InChI is InChI=1S/C26H38N4O4/c1-15(27-5)23(31)29-22(26(2,3)4)25(33)30-12-10-17-8-9-19(21(17)30)28-24(32)18-7-6-16-11-13-34-20(16)14-18/h6-7,14-15,17,19,21-22,27H,8-13H2,1-5H3,(H,28,32)(H,29,31)/t15-,17+,19-,21-,22?/m0/s1. The van der Waals surface area contributed by atoms with Gasteiger partial charge in [-0.3, -0.25) is 14.4 Å². The Kier molecular flexibility index (Phi) is 6.90. The molecule has 2 fully saturated rings. The monoisotopic (exact) mass is 470 g/mol. The van der Waals surface area contributed by atoms with Crippen molar-refractivity contribution in [1.82, 2.24) is 20.9 Å². The Morgan fingerprint density at radius 3 is 2.62 bits per heavy atom. The lowest BCUT2D eigenvalue weighted by Gasteiger charge is -2.37. The van der Waals surface area contributed by atoms with E-state index in [4.69, 9.17) is 4.74 Å². The van der Waals surface area contributed by atoms with Crippen LogP contribution in [0.3, 0.4) is 0 Å². The highest BCUT2D eigenvalue weighted by molar-refractivity contribution is 5.95. The molecule has 3 amide bonds. The molecule has 1 aromatic rings. The van der Waals surface area contributed by atoms with Crippen molar-refractivity contribution < 1.29 is 19.1 Å². The zero-order chi connectivity index (χ0) is 24.6. The predicted molar refractivity (Wildman–Crippen MR) is 130 cm³/mol. The van der Waals surface area contributed by atoms with Crippen molar-refractivity contribution in [3.05, 3.63) is 29.3 Å². The number of carbonyl (C=O) groups is 3. The Labute approximate surface area is 202 Å². The van der Waals surface area contributed by atoms with Gasteiger partial charge in [0.1, 0.15) is 11.8 Å². The van der Waals surface area contributed by atoms with Crippen LogP contribution in [0.1, 0.15) is 62.9 Å². The van der Waals surface area contributed by atoms with Crippen molar-refractivity contribution in [3.8, 4) is 5.75 Å². The van der Waals surface area contributed by atoms with Crippen LogP contribution in [0.15, 0.2) is 18.2 Å². The van der Waals surface area contributed by atoms with Crippen LogP contribution in [0, 0.1) is 11.3 Å². The summed E-state index contributed by atoms with van der Waals surface area (Å²) in [6.07, 6.45) is 3.62. The van der Waals surface area contributed by atoms with E-state index in [0.717, 1.165) is 37.0 Å². The Morgan fingerprint density at radius 2 is 1.91 bits per heavy atom. The maximum Gasteiger partial charge on any atom is 0.251 e. The Bertz CT molecular complexity index is 957. The van der Waals surface area contributed by atoms with Crippen molar-refractivity contribution in [1.29, 1.82) is 0 Å². The molecule has 1 saturated heterocycles. The molecule has 8 heteroatoms. The summed E-state index contributed by atoms with van der Waals surface area (Å²) in [7, 11) is 1.72. The highest BCUT2D eigenvalue weighted by atomic mass is 16.5. The summed E-state index contributed by atoms with van der Waals surface area (Å²) < 4.78 is 5.62. The average Bonchev–Trinajstić information content (AvgIpc) is 3.52. The molecule has 3 aliphatic rings. The average molecular weight is 471 g/mol. The van der Waals surface area contributed by atoms with Gasteiger partial charge in [0.05, 0.1) is 18.7 Å². The zero-order valence-corrected chi connectivity index (χ0v) is 20.9. The number of likely N-dealkylation sites (N-methyl/N-ethyl adjacent to an activating group) is 1. The van der Waals surface area contributed by atoms with Crippen LogP contribution in [0.2, 0.25) is 0 Å². The SMILES string of the molecule is CN[C@@H](C)C(=O)NC(C(=O)N1CC[C@H]2CC[C@H](NC(=O)c3ccc4c(c3)OCC4)[C@H]21)C(C)(C)C. The Morgan fingerprint density at radius 1 is 1.15 bits per heavy atom. The first-order chi connectivity index (χ1) is 16.1. The van der Waals surface area contributed by atoms with Gasteiger partial charge in [-0.2, -0.15) is 0 Å². The highest BCUT2D eigenvalue weighted by Gasteiger charge is 2.49. The number of ether oxygens (including phenoxy) is 1. The third-order valence-corrected chi connectivity index (χ3v) is 7.63. The van der Waals surface area contributed by atoms with Gasteiger partial charge in [0.15, 0.2) is 0 Å². The van der Waals surface area contributed by atoms with Crippen molar-refractivity contribution in [3.63, 3.8) is 0 Å². The minimum Gasteiger partial charge on any atom is -0.493 e. The molecule has 0 aromatic heterocycles. The molecule has 1 saturated carbocycles. The van der Waals surface area contributed by atoms with Crippen LogP contribution in [-0.4, -0.2) is 67.0 Å². The predicted octanol–water partition coefficient (Wildman–Crippen LogP) is 1.87. The van der Waals surface area contributed by atoms with E-state index in [1.807, 2.05) is 43.9 Å². The molecule has 1 aliphatic carbocycles. The van der Waals surface area contributed by atoms with Crippen molar-refractivity contribution in [2.24, 2.45) is 11.3 Å². The third kappa shape index (κ3) is 4.78. The van der Waals surface area contributed by atoms with Crippen LogP contribution < -0.4 is 20.7 Å². The minimum atomic E-state index is -0.639. The maximum atomic E-state index is 13.8. The molecule has 1 unspecified atom stereocenters. The van der Waals surface area contributed by atoms with Gasteiger partial charge >= 0.3 is 0 Å². The van der Waals surface area contributed by atoms with E-state index < -0.39 is 17.5 Å². The van der Waals surface area contributed by atoms with E-state index >= 15 is 0 Å². The molecule has 2 heterocycles. The van der Waals surface area contributed by atoms with Gasteiger partial charge in [-0.15, -0.1) is 0 Å². The Hall–Kier alpha value is -2.61. The van der Waals surface area contributed by atoms with Gasteiger partial charge in [0.2, 0.25) is 11.8 Å². The zero-order valence-electron chi connectivity index (χ0n) is 20.9. The largest absolute Gasteiger partial charge is 0.493 e. The minimum absolute atomic E-state index is 0.0504. The number of amides is 3. The summed E-state index contributed by atoms with van der Waals surface area (Å²) >= 11 is 0. The van der Waals surface area contributed by atoms with Crippen LogP contribution in [0.5, 0.6) is 5.75 Å². The van der Waals surface area contributed by atoms with Gasteiger partial charge in [0, 0.05) is 24.6 Å². The summed E-state index contributed by atoms with van der Waals surface area (Å²) in [6, 6.07) is 4.44. The molecule has 3 N–H and O–H groups in total. The van der Waals surface area contributed by atoms with E-state index in [0.29, 0.717) is 24.6 Å². The van der Waals surface area contributed by atoms with Gasteiger partial charge < -0.3 is 25.6 Å². The molecule has 0 radical (unpaired) electrons. The van der Waals surface area contributed by atoms with Crippen molar-refractivity contribution >= 4 is 17.7 Å². The fourth-order valence-electron chi connectivity index (χ4n) is 5.49. The number of fused-ring (bicyclic) bond motifs is 2. The second kappa shape index (κ2) is 9.56. The van der Waals surface area contributed by atoms with Gasteiger partial charge in [-0.25, -0.2) is 0 Å². The van der Waals surface area contributed by atoms with E-state index in [1.165, 1.54) is 0 Å². The molecule has 34 heavy (non-hydrogen) atoms. The number of benzene rings is 1. The molecule has 0 spiro atoms. The van der Waals surface area contributed by atoms with Crippen LogP contribution >= 0.6 is 0 Å². The molecule has 186 valence electrons. The first-order valence-corrected chi connectivity index (χ1v) is 12.4. The summed E-state index contributed by atoms with van der Waals surface area (Å²) in [4.78, 5) is 41.4. The topological polar surface area (TPSA) is 99.8 Å². The highest BCUT2D eigenvalue weighted by Crippen LogP contribution is 2.39. The first kappa shape index (κ1) is 24.5. The van der Waals surface area contributed by atoms with Crippen LogP contribution in [-0.2, 0) is 16.0 Å². The second-order valence-electron chi connectivity index (χ2n) is 11.0. The lowest BCUT2D eigenvalue weighted by molar-refractivity contribution is -0.141. The molecule has 4 rings (SSSR count). The molecule has 5 atom stereocenters. The number of likely N-dealkylation sites (tertiary alicyclic amines) is 1. The molecular weight excluding hydrogens is 432 g/mol. The molecule has 0 bridgehead atoms. The third-order valence-electron chi connectivity index (χ3n) is 7.63. The normalized spacial score (nSPS) is 25.2. The quantitative estimate of drug-likeness (QED) is 0.590. The van der Waals surface area contributed by atoms with Crippen LogP contribution in [0.4, 0.5) is 0 Å². The first-order valence-electron chi connectivity index (χ1n) is 12.4. The summed E-state index contributed by atoms with van der Waals surface area (Å²) in [5.41, 5.74) is 1.27. The fourth-order valence-corrected chi connectivity index (χ4v) is 5.49. The van der Waals surface area contributed by atoms with Crippen molar-refractivity contribution in [2.75, 3.05) is 20.2 Å². The number of hydrogen-bond donors (Lipinski definition) is 3. The molecule has 8 nitrogen and oxygen atoms in total. The smallest absolute Gasteiger partial charge is 0.251 e. The molecule has 1 aromatic carbocycles. The van der Waals surface area contributed by atoms with Gasteiger partial charge in [0.25, 0.3) is 5.91 Å². The van der Waals surface area contributed by atoms with Gasteiger partial charge in [-0.1, -0.05) is 26.8 Å². The van der Waals surface area contributed by atoms with E-state index in [9.17, 15) is 14.4 Å². The fraction of sp³-hybridized carbons (Fsp3) is 0.654. The van der Waals surface area contributed by atoms with E-state index in [1.54, 1.807) is 14.0 Å². The maximum absolute atomic E-state index is 13.8. The molecular formula is C26H38N4O4. The number of hydrogen-bond acceptors (Lipinski definition) is 5. The number of nitrogens with zero attached hydrogens (tertiary/aromatic N) is 1. The van der Waals surface area contributed by atoms with Crippen molar-refractivity contribution in [2.45, 2.75) is 77.5 Å². The lowest BCUT2D eigenvalue weighted by atomic mass is 9.85. The number of rotatable bonds is 6. The Balaban J connectivity index is 1.49. The van der Waals surface area contributed by atoms with Gasteiger partial charge in [-0.05, 0) is 62.3 Å². The van der Waals surface area contributed by atoms with E-state index in [-0.39, 0.29) is 29.8 Å². The number of nitrogens with one attached hydrogen (secondary N) is 3. The number of carbonyl (C=O) groups excluding carboxylic acids is 3.